The van der Waals surface area contributed by atoms with E-state index in [9.17, 15) is 0 Å². The van der Waals surface area contributed by atoms with Crippen LogP contribution in [0.1, 0.15) is 0 Å². The quantitative estimate of drug-likeness (QED) is 0.489. The third kappa shape index (κ3) is 1.18. The first kappa shape index (κ1) is 9.24. The molecule has 0 spiro atoms. The number of rotatable bonds is 0. The summed E-state index contributed by atoms with van der Waals surface area (Å²) in [5.41, 5.74) is 3.90. The first-order chi connectivity index (χ1) is 8.33. The summed E-state index contributed by atoms with van der Waals surface area (Å²) in [4.78, 5) is 4.47. The SMILES string of the molecule is Brc1ccc2nc3oc4ccccc4n3c2c1. The van der Waals surface area contributed by atoms with Crippen molar-refractivity contribution in [3.8, 4) is 0 Å². The molecular formula is C13H7BrN2O. The molecule has 2 aromatic heterocycles. The van der Waals surface area contributed by atoms with E-state index in [1.807, 2.05) is 40.8 Å². The predicted octanol–water partition coefficient (Wildman–Crippen LogP) is 4.00. The maximum atomic E-state index is 5.71. The normalized spacial score (nSPS) is 11.8. The fourth-order valence-electron chi connectivity index (χ4n) is 2.15. The number of hydrogen-bond acceptors (Lipinski definition) is 2. The number of benzene rings is 2. The second kappa shape index (κ2) is 3.11. The van der Waals surface area contributed by atoms with Crippen molar-refractivity contribution in [2.45, 2.75) is 0 Å². The van der Waals surface area contributed by atoms with Gasteiger partial charge in [-0.2, -0.15) is 4.98 Å². The molecule has 0 saturated heterocycles. The summed E-state index contributed by atoms with van der Waals surface area (Å²) < 4.78 is 8.79. The van der Waals surface area contributed by atoms with Crippen LogP contribution in [0.2, 0.25) is 0 Å². The van der Waals surface area contributed by atoms with Gasteiger partial charge in [-0.1, -0.05) is 28.1 Å². The molecule has 4 aromatic rings. The lowest BCUT2D eigenvalue weighted by atomic mass is 10.3. The van der Waals surface area contributed by atoms with Gasteiger partial charge in [0.05, 0.1) is 16.6 Å². The molecule has 0 aliphatic rings. The smallest absolute Gasteiger partial charge is 0.307 e. The number of hydrogen-bond donors (Lipinski definition) is 0. The minimum atomic E-state index is 0.638. The van der Waals surface area contributed by atoms with Gasteiger partial charge in [0.25, 0.3) is 0 Å². The van der Waals surface area contributed by atoms with Gasteiger partial charge < -0.3 is 4.42 Å². The zero-order chi connectivity index (χ0) is 11.4. The molecule has 2 heterocycles. The summed E-state index contributed by atoms with van der Waals surface area (Å²) in [6, 6.07) is 14.0. The molecule has 0 radical (unpaired) electrons. The van der Waals surface area contributed by atoms with E-state index in [-0.39, 0.29) is 0 Å². The topological polar surface area (TPSA) is 30.4 Å². The maximum absolute atomic E-state index is 5.71. The molecule has 82 valence electrons. The summed E-state index contributed by atoms with van der Waals surface area (Å²) in [7, 11) is 0. The van der Waals surface area contributed by atoms with Crippen molar-refractivity contribution >= 4 is 43.9 Å². The molecule has 0 aliphatic carbocycles. The number of nitrogens with zero attached hydrogens (tertiary/aromatic N) is 2. The minimum Gasteiger partial charge on any atom is -0.423 e. The van der Waals surface area contributed by atoms with E-state index < -0.39 is 0 Å². The Morgan fingerprint density at radius 2 is 1.94 bits per heavy atom. The Balaban J connectivity index is 2.33. The Hall–Kier alpha value is -1.81. The molecule has 0 bridgehead atoms. The van der Waals surface area contributed by atoms with Gasteiger partial charge in [0.2, 0.25) is 0 Å². The second-order valence-electron chi connectivity index (χ2n) is 3.93. The van der Waals surface area contributed by atoms with Gasteiger partial charge in [0.15, 0.2) is 5.58 Å². The van der Waals surface area contributed by atoms with E-state index in [0.717, 1.165) is 26.6 Å². The van der Waals surface area contributed by atoms with Gasteiger partial charge in [-0.05, 0) is 30.3 Å². The largest absolute Gasteiger partial charge is 0.423 e. The molecule has 4 heteroatoms. The zero-order valence-electron chi connectivity index (χ0n) is 8.72. The Morgan fingerprint density at radius 3 is 2.88 bits per heavy atom. The van der Waals surface area contributed by atoms with Crippen molar-refractivity contribution in [2.24, 2.45) is 0 Å². The summed E-state index contributed by atoms with van der Waals surface area (Å²) in [6.07, 6.45) is 0. The van der Waals surface area contributed by atoms with Crippen LogP contribution in [-0.4, -0.2) is 9.38 Å². The number of halogens is 1. The van der Waals surface area contributed by atoms with Gasteiger partial charge in [-0.15, -0.1) is 0 Å². The average molecular weight is 287 g/mol. The first-order valence-corrected chi connectivity index (χ1v) is 6.07. The second-order valence-corrected chi connectivity index (χ2v) is 4.85. The molecule has 0 atom stereocenters. The van der Waals surface area contributed by atoms with Crippen molar-refractivity contribution in [3.63, 3.8) is 0 Å². The van der Waals surface area contributed by atoms with E-state index in [1.54, 1.807) is 0 Å². The molecule has 4 rings (SSSR count). The van der Waals surface area contributed by atoms with E-state index in [1.165, 1.54) is 0 Å². The van der Waals surface area contributed by atoms with E-state index in [2.05, 4.69) is 27.0 Å². The molecule has 0 aliphatic heterocycles. The summed E-state index contributed by atoms with van der Waals surface area (Å²) in [5, 5.41) is 0. The third-order valence-electron chi connectivity index (χ3n) is 2.89. The number of fused-ring (bicyclic) bond motifs is 5. The molecule has 0 N–H and O–H groups in total. The van der Waals surface area contributed by atoms with Crippen LogP contribution in [-0.2, 0) is 0 Å². The standard InChI is InChI=1S/C13H7BrN2O/c14-8-5-6-9-11(7-8)16-10-3-1-2-4-12(10)17-13(16)15-9/h1-7H. The lowest BCUT2D eigenvalue weighted by molar-refractivity contribution is 0.643. The monoisotopic (exact) mass is 286 g/mol. The predicted molar refractivity (Wildman–Crippen MR) is 70.2 cm³/mol. The van der Waals surface area contributed by atoms with Gasteiger partial charge in [-0.25, -0.2) is 0 Å². The van der Waals surface area contributed by atoms with Crippen LogP contribution >= 0.6 is 15.9 Å². The molecule has 17 heavy (non-hydrogen) atoms. The average Bonchev–Trinajstić information content (AvgIpc) is 2.84. The van der Waals surface area contributed by atoms with Crippen molar-refractivity contribution in [1.82, 2.24) is 9.38 Å². The highest BCUT2D eigenvalue weighted by molar-refractivity contribution is 9.10. The van der Waals surface area contributed by atoms with Crippen LogP contribution < -0.4 is 0 Å². The van der Waals surface area contributed by atoms with Gasteiger partial charge in [0, 0.05) is 4.47 Å². The number of aromatic nitrogens is 2. The van der Waals surface area contributed by atoms with Crippen molar-refractivity contribution in [3.05, 3.63) is 46.9 Å². The summed E-state index contributed by atoms with van der Waals surface area (Å²) in [6.45, 7) is 0. The summed E-state index contributed by atoms with van der Waals surface area (Å²) in [5.74, 6) is 0.638. The highest BCUT2D eigenvalue weighted by Crippen LogP contribution is 2.27. The molecule has 0 fully saturated rings. The van der Waals surface area contributed by atoms with Crippen LogP contribution in [0.4, 0.5) is 0 Å². The molecule has 0 amide bonds. The molecular weight excluding hydrogens is 280 g/mol. The van der Waals surface area contributed by atoms with Crippen LogP contribution in [0.5, 0.6) is 0 Å². The van der Waals surface area contributed by atoms with Gasteiger partial charge in [-0.3, -0.25) is 4.40 Å². The van der Waals surface area contributed by atoms with Crippen LogP contribution in [0.15, 0.2) is 51.4 Å². The van der Waals surface area contributed by atoms with E-state index in [4.69, 9.17) is 4.42 Å². The number of imidazole rings is 1. The Labute approximate surface area is 105 Å². The highest BCUT2D eigenvalue weighted by atomic mass is 79.9. The number of oxazole rings is 1. The first-order valence-electron chi connectivity index (χ1n) is 5.28. The molecule has 3 nitrogen and oxygen atoms in total. The van der Waals surface area contributed by atoms with Crippen molar-refractivity contribution in [1.29, 1.82) is 0 Å². The van der Waals surface area contributed by atoms with Gasteiger partial charge in [0.1, 0.15) is 0 Å². The lowest BCUT2D eigenvalue weighted by Gasteiger charge is -1.93. The minimum absolute atomic E-state index is 0.638. The Kier molecular flexibility index (Phi) is 1.69. The Bertz CT molecular complexity index is 860. The van der Waals surface area contributed by atoms with Crippen LogP contribution in [0.3, 0.4) is 0 Å². The van der Waals surface area contributed by atoms with Crippen molar-refractivity contribution in [2.75, 3.05) is 0 Å². The van der Waals surface area contributed by atoms with E-state index in [0.29, 0.717) is 5.84 Å². The maximum Gasteiger partial charge on any atom is 0.307 e. The molecule has 0 unspecified atom stereocenters. The van der Waals surface area contributed by atoms with Crippen molar-refractivity contribution < 1.29 is 4.42 Å². The number of para-hydroxylation sites is 2. The lowest BCUT2D eigenvalue weighted by Crippen LogP contribution is -1.79. The zero-order valence-corrected chi connectivity index (χ0v) is 10.3. The van der Waals surface area contributed by atoms with E-state index >= 15 is 0 Å². The molecule has 0 saturated carbocycles. The Morgan fingerprint density at radius 1 is 1.06 bits per heavy atom. The summed E-state index contributed by atoms with van der Waals surface area (Å²) >= 11 is 3.48. The third-order valence-corrected chi connectivity index (χ3v) is 3.39. The molecule has 2 aromatic carbocycles. The highest BCUT2D eigenvalue weighted by Gasteiger charge is 2.11. The fourth-order valence-corrected chi connectivity index (χ4v) is 2.50. The van der Waals surface area contributed by atoms with Crippen LogP contribution in [0, 0.1) is 0 Å². The van der Waals surface area contributed by atoms with Gasteiger partial charge >= 0.3 is 5.84 Å². The van der Waals surface area contributed by atoms with Crippen LogP contribution in [0.25, 0.3) is 28.0 Å². The fraction of sp³-hybridized carbons (Fsp3) is 0.